The Hall–Kier alpha value is -1.22. The SMILES string of the molecule is CN=C(NCCNC(C)(C)C)NCc1ccc(OC)cc1OC1CCCC1.I. The molecule has 0 unspecified atom stereocenters. The van der Waals surface area contributed by atoms with E-state index < -0.39 is 0 Å². The van der Waals surface area contributed by atoms with E-state index in [0.717, 1.165) is 49.0 Å². The quantitative estimate of drug-likeness (QED) is 0.218. The van der Waals surface area contributed by atoms with E-state index in [1.807, 2.05) is 12.1 Å². The molecule has 1 fully saturated rings. The molecule has 1 aromatic rings. The summed E-state index contributed by atoms with van der Waals surface area (Å²) in [7, 11) is 3.47. The lowest BCUT2D eigenvalue weighted by atomic mass is 10.1. The molecule has 6 nitrogen and oxygen atoms in total. The van der Waals surface area contributed by atoms with Gasteiger partial charge in [-0.25, -0.2) is 0 Å². The molecule has 2 rings (SSSR count). The van der Waals surface area contributed by atoms with Crippen LogP contribution in [0.3, 0.4) is 0 Å². The van der Waals surface area contributed by atoms with E-state index in [-0.39, 0.29) is 29.5 Å². The summed E-state index contributed by atoms with van der Waals surface area (Å²) in [5.74, 6) is 2.51. The van der Waals surface area contributed by atoms with Gasteiger partial charge in [0.05, 0.1) is 13.2 Å². The normalized spacial score (nSPS) is 15.1. The molecule has 0 aromatic heterocycles. The Bertz CT molecular complexity index is 611. The van der Waals surface area contributed by atoms with Gasteiger partial charge in [0.1, 0.15) is 11.5 Å². The lowest BCUT2D eigenvalue weighted by Gasteiger charge is -2.21. The van der Waals surface area contributed by atoms with Gasteiger partial charge in [0.2, 0.25) is 0 Å². The average Bonchev–Trinajstić information content (AvgIpc) is 3.14. The number of nitrogens with zero attached hydrogens (tertiary/aromatic N) is 1. The van der Waals surface area contributed by atoms with Crippen LogP contribution in [-0.2, 0) is 6.54 Å². The van der Waals surface area contributed by atoms with Crippen molar-refractivity contribution >= 4 is 29.9 Å². The van der Waals surface area contributed by atoms with E-state index >= 15 is 0 Å². The number of benzene rings is 1. The van der Waals surface area contributed by atoms with E-state index in [2.05, 4.69) is 47.8 Å². The van der Waals surface area contributed by atoms with Gasteiger partial charge in [-0.15, -0.1) is 24.0 Å². The molecule has 160 valence electrons. The summed E-state index contributed by atoms with van der Waals surface area (Å²) in [6, 6.07) is 6.02. The number of ether oxygens (including phenoxy) is 2. The molecule has 7 heteroatoms. The molecule has 28 heavy (non-hydrogen) atoms. The largest absolute Gasteiger partial charge is 0.497 e. The first-order chi connectivity index (χ1) is 12.9. The van der Waals surface area contributed by atoms with E-state index in [1.165, 1.54) is 12.8 Å². The Morgan fingerprint density at radius 2 is 1.86 bits per heavy atom. The highest BCUT2D eigenvalue weighted by atomic mass is 127. The van der Waals surface area contributed by atoms with Gasteiger partial charge in [0.15, 0.2) is 5.96 Å². The summed E-state index contributed by atoms with van der Waals surface area (Å²) >= 11 is 0. The Labute approximate surface area is 187 Å². The van der Waals surface area contributed by atoms with Gasteiger partial charge in [-0.2, -0.15) is 0 Å². The zero-order valence-electron chi connectivity index (χ0n) is 17.9. The molecule has 3 N–H and O–H groups in total. The second-order valence-electron chi connectivity index (χ2n) is 8.03. The molecule has 0 saturated heterocycles. The Morgan fingerprint density at radius 1 is 1.14 bits per heavy atom. The van der Waals surface area contributed by atoms with Gasteiger partial charge < -0.3 is 25.4 Å². The van der Waals surface area contributed by atoms with Crippen LogP contribution in [0.4, 0.5) is 0 Å². The van der Waals surface area contributed by atoms with Crippen LogP contribution < -0.4 is 25.4 Å². The standard InChI is InChI=1S/C21H36N4O2.HI/c1-21(2,3)25-13-12-23-20(22-4)24-15-16-10-11-18(26-5)14-19(16)27-17-8-6-7-9-17;/h10-11,14,17,25H,6-9,12-13,15H2,1-5H3,(H2,22,23,24);1H. The Balaban J connectivity index is 0.00000392. The maximum absolute atomic E-state index is 6.26. The van der Waals surface area contributed by atoms with Crippen molar-refractivity contribution in [3.63, 3.8) is 0 Å². The van der Waals surface area contributed by atoms with Crippen LogP contribution in [0.15, 0.2) is 23.2 Å². The zero-order valence-corrected chi connectivity index (χ0v) is 20.3. The molecule has 0 atom stereocenters. The van der Waals surface area contributed by atoms with Crippen molar-refractivity contribution in [1.82, 2.24) is 16.0 Å². The minimum atomic E-state index is 0. The minimum absolute atomic E-state index is 0. The number of nitrogens with one attached hydrogen (secondary N) is 3. The molecule has 0 heterocycles. The summed E-state index contributed by atoms with van der Waals surface area (Å²) in [5.41, 5.74) is 1.23. The number of rotatable bonds is 8. The number of hydrogen-bond donors (Lipinski definition) is 3. The van der Waals surface area contributed by atoms with E-state index in [9.17, 15) is 0 Å². The average molecular weight is 504 g/mol. The number of methoxy groups -OCH3 is 1. The summed E-state index contributed by atoms with van der Waals surface area (Å²) < 4.78 is 11.6. The van der Waals surface area contributed by atoms with Crippen LogP contribution in [0.2, 0.25) is 0 Å². The van der Waals surface area contributed by atoms with Crippen molar-refractivity contribution in [3.05, 3.63) is 23.8 Å². The van der Waals surface area contributed by atoms with Gasteiger partial charge in [0, 0.05) is 43.9 Å². The summed E-state index contributed by atoms with van der Waals surface area (Å²) in [5, 5.41) is 10.2. The topological polar surface area (TPSA) is 66.9 Å². The number of hydrogen-bond acceptors (Lipinski definition) is 4. The van der Waals surface area contributed by atoms with Crippen molar-refractivity contribution in [2.45, 2.75) is 64.6 Å². The van der Waals surface area contributed by atoms with Crippen LogP contribution in [0.1, 0.15) is 52.0 Å². The van der Waals surface area contributed by atoms with Crippen LogP contribution in [-0.4, -0.2) is 44.8 Å². The van der Waals surface area contributed by atoms with Gasteiger partial charge in [-0.3, -0.25) is 4.99 Å². The van der Waals surface area contributed by atoms with Crippen molar-refractivity contribution in [3.8, 4) is 11.5 Å². The molecule has 1 aromatic carbocycles. The Kier molecular flexibility index (Phi) is 11.0. The van der Waals surface area contributed by atoms with Gasteiger partial charge in [-0.1, -0.05) is 0 Å². The zero-order chi connectivity index (χ0) is 19.7. The minimum Gasteiger partial charge on any atom is -0.497 e. The van der Waals surface area contributed by atoms with E-state index in [4.69, 9.17) is 9.47 Å². The van der Waals surface area contributed by atoms with Crippen molar-refractivity contribution < 1.29 is 9.47 Å². The number of halogens is 1. The summed E-state index contributed by atoms with van der Waals surface area (Å²) in [6.07, 6.45) is 5.09. The van der Waals surface area contributed by atoms with Crippen LogP contribution in [0.5, 0.6) is 11.5 Å². The molecule has 1 saturated carbocycles. The number of aliphatic imine (C=N–C) groups is 1. The van der Waals surface area contributed by atoms with Crippen LogP contribution in [0, 0.1) is 0 Å². The second-order valence-corrected chi connectivity index (χ2v) is 8.03. The monoisotopic (exact) mass is 504 g/mol. The molecule has 1 aliphatic rings. The number of guanidine groups is 1. The fourth-order valence-electron chi connectivity index (χ4n) is 3.12. The first kappa shape index (κ1) is 24.8. The highest BCUT2D eigenvalue weighted by Gasteiger charge is 2.18. The lowest BCUT2D eigenvalue weighted by Crippen LogP contribution is -2.44. The van der Waals surface area contributed by atoms with Crippen molar-refractivity contribution in [2.24, 2.45) is 4.99 Å². The third-order valence-electron chi connectivity index (χ3n) is 4.61. The van der Waals surface area contributed by atoms with Crippen molar-refractivity contribution in [2.75, 3.05) is 27.2 Å². The predicted octanol–water partition coefficient (Wildman–Crippen LogP) is 3.69. The smallest absolute Gasteiger partial charge is 0.191 e. The Morgan fingerprint density at radius 3 is 2.46 bits per heavy atom. The lowest BCUT2D eigenvalue weighted by molar-refractivity contribution is 0.207. The van der Waals surface area contributed by atoms with Gasteiger partial charge >= 0.3 is 0 Å². The molecular weight excluding hydrogens is 467 g/mol. The molecule has 0 aliphatic heterocycles. The second kappa shape index (κ2) is 12.4. The van der Waals surface area contributed by atoms with Crippen LogP contribution >= 0.6 is 24.0 Å². The third-order valence-corrected chi connectivity index (χ3v) is 4.61. The maximum atomic E-state index is 6.26. The molecule has 0 radical (unpaired) electrons. The summed E-state index contributed by atoms with van der Waals surface area (Å²) in [4.78, 5) is 4.30. The third kappa shape index (κ3) is 8.86. The van der Waals surface area contributed by atoms with E-state index in [0.29, 0.717) is 12.6 Å². The van der Waals surface area contributed by atoms with E-state index in [1.54, 1.807) is 14.2 Å². The van der Waals surface area contributed by atoms with Crippen LogP contribution in [0.25, 0.3) is 0 Å². The predicted molar refractivity (Wildman–Crippen MR) is 127 cm³/mol. The summed E-state index contributed by atoms with van der Waals surface area (Å²) in [6.45, 7) is 8.83. The van der Waals surface area contributed by atoms with Gasteiger partial charge in [-0.05, 0) is 58.6 Å². The molecular formula is C21H37IN4O2. The fraction of sp³-hybridized carbons (Fsp3) is 0.667. The molecule has 0 spiro atoms. The fourth-order valence-corrected chi connectivity index (χ4v) is 3.12. The molecule has 1 aliphatic carbocycles. The first-order valence-corrected chi connectivity index (χ1v) is 9.94. The molecule has 0 amide bonds. The maximum Gasteiger partial charge on any atom is 0.191 e. The van der Waals surface area contributed by atoms with Crippen molar-refractivity contribution in [1.29, 1.82) is 0 Å². The van der Waals surface area contributed by atoms with Gasteiger partial charge in [0.25, 0.3) is 0 Å². The highest BCUT2D eigenvalue weighted by Crippen LogP contribution is 2.29. The highest BCUT2D eigenvalue weighted by molar-refractivity contribution is 14.0. The first-order valence-electron chi connectivity index (χ1n) is 9.94. The molecule has 0 bridgehead atoms.